The van der Waals surface area contributed by atoms with Gasteiger partial charge >= 0.3 is 0 Å². The van der Waals surface area contributed by atoms with Gasteiger partial charge < -0.3 is 14.4 Å². The topological polar surface area (TPSA) is 51.8 Å². The summed E-state index contributed by atoms with van der Waals surface area (Å²) in [5.74, 6) is 1.34. The van der Waals surface area contributed by atoms with Crippen LogP contribution in [0.4, 0.5) is 0 Å². The van der Waals surface area contributed by atoms with Crippen molar-refractivity contribution in [1.82, 2.24) is 15.0 Å². The Kier molecular flexibility index (Phi) is 11.0. The van der Waals surface area contributed by atoms with Gasteiger partial charge in [-0.2, -0.15) is 0 Å². The molecule has 4 aromatic heterocycles. The van der Waals surface area contributed by atoms with Crippen molar-refractivity contribution in [3.63, 3.8) is 0 Å². The Morgan fingerprint density at radius 3 is 2.41 bits per heavy atom. The summed E-state index contributed by atoms with van der Waals surface area (Å²) in [6.07, 6.45) is 13.7. The van der Waals surface area contributed by atoms with Gasteiger partial charge in [-0.3, -0.25) is 0 Å². The molecule has 1 unspecified atom stereocenters. The van der Waals surface area contributed by atoms with Gasteiger partial charge in [-0.25, -0.2) is 4.98 Å². The Balaban J connectivity index is 0.000000193. The van der Waals surface area contributed by atoms with Crippen molar-refractivity contribution in [2.24, 2.45) is 5.92 Å². The molecule has 1 aliphatic carbocycles. The van der Waals surface area contributed by atoms with Gasteiger partial charge in [0.15, 0.2) is 0 Å². The molecule has 4 heterocycles. The molecule has 0 saturated heterocycles. The summed E-state index contributed by atoms with van der Waals surface area (Å²) in [5.41, 5.74) is 8.26. The van der Waals surface area contributed by atoms with E-state index >= 15 is 0 Å². The normalized spacial score (nSPS) is 14.4. The van der Waals surface area contributed by atoms with E-state index < -0.39 is 8.07 Å². The average molecular weight is 802 g/mol. The molecule has 1 atom stereocenters. The standard InChI is InChI=1S/C24H23N2O.C16H20NSi.Ir/c1-16(17-7-3-2-4-8-17)18-12-14-25-22(15-18)21-10-5-9-19-20-11-6-13-26-24(20)27-23(19)21;1-5-13-11-15(14-9-7-6-8-10-14)17-12-16(13)18(2,3)4;/h5-6,9,11-17H,2-4,7-8H2,1H3;6-9,11-12H,5H2,1-4H3;/q2*-1;. The maximum atomic E-state index is 6.07. The quantitative estimate of drug-likeness (QED) is 0.124. The van der Waals surface area contributed by atoms with Gasteiger partial charge in [-0.15, -0.1) is 54.1 Å². The number of benzene rings is 2. The third-order valence-corrected chi connectivity index (χ3v) is 11.4. The molecule has 1 saturated carbocycles. The SMILES string of the molecule is CC(c1ccnc(-c2[c-]ccc3c2oc2ncccc23)c1)C1CCCCC1.CCc1cc(-c2[c-]cccc2)ncc1[Si](C)(C)C.[Ir]. The van der Waals surface area contributed by atoms with Gasteiger partial charge in [0, 0.05) is 44.1 Å². The average Bonchev–Trinajstić information content (AvgIpc) is 3.47. The van der Waals surface area contributed by atoms with E-state index in [1.54, 1.807) is 6.20 Å². The predicted molar refractivity (Wildman–Crippen MR) is 189 cm³/mol. The zero-order valence-corrected chi connectivity index (χ0v) is 31.0. The summed E-state index contributed by atoms with van der Waals surface area (Å²) in [4.78, 5) is 13.6. The maximum Gasteiger partial charge on any atom is 0.216 e. The van der Waals surface area contributed by atoms with Crippen molar-refractivity contribution in [3.05, 3.63) is 109 Å². The van der Waals surface area contributed by atoms with E-state index in [2.05, 4.69) is 91.0 Å². The van der Waals surface area contributed by atoms with Gasteiger partial charge in [0.25, 0.3) is 0 Å². The van der Waals surface area contributed by atoms with Gasteiger partial charge in [0.1, 0.15) is 0 Å². The molecule has 239 valence electrons. The first-order valence-corrected chi connectivity index (χ1v) is 19.9. The molecule has 0 N–H and O–H groups in total. The van der Waals surface area contributed by atoms with Crippen LogP contribution in [0.5, 0.6) is 0 Å². The number of hydrogen-bond donors (Lipinski definition) is 0. The number of aromatic nitrogens is 3. The van der Waals surface area contributed by atoms with Crippen molar-refractivity contribution < 1.29 is 24.5 Å². The zero-order valence-electron chi connectivity index (χ0n) is 27.6. The van der Waals surface area contributed by atoms with Crippen LogP contribution in [0.3, 0.4) is 0 Å². The third kappa shape index (κ3) is 7.41. The molecule has 46 heavy (non-hydrogen) atoms. The number of rotatable bonds is 6. The summed E-state index contributed by atoms with van der Waals surface area (Å²) >= 11 is 0. The van der Waals surface area contributed by atoms with Gasteiger partial charge in [-0.05, 0) is 65.9 Å². The first-order chi connectivity index (χ1) is 21.8. The van der Waals surface area contributed by atoms with Crippen LogP contribution >= 0.6 is 0 Å². The minimum absolute atomic E-state index is 0. The van der Waals surface area contributed by atoms with Crippen LogP contribution in [0.15, 0.2) is 89.7 Å². The molecule has 0 amide bonds. The van der Waals surface area contributed by atoms with Crippen molar-refractivity contribution in [1.29, 1.82) is 0 Å². The van der Waals surface area contributed by atoms with Crippen LogP contribution in [-0.4, -0.2) is 23.0 Å². The molecule has 0 aliphatic heterocycles. The molecular weight excluding hydrogens is 759 g/mol. The first-order valence-electron chi connectivity index (χ1n) is 16.4. The monoisotopic (exact) mass is 802 g/mol. The summed E-state index contributed by atoms with van der Waals surface area (Å²) in [7, 11) is -1.30. The molecular formula is C40H43IrN3OSi-2. The van der Waals surface area contributed by atoms with Gasteiger partial charge in [-0.1, -0.05) is 87.0 Å². The van der Waals surface area contributed by atoms with Crippen LogP contribution in [0, 0.1) is 18.1 Å². The van der Waals surface area contributed by atoms with E-state index in [9.17, 15) is 0 Å². The number of nitrogens with zero attached hydrogens (tertiary/aromatic N) is 3. The summed E-state index contributed by atoms with van der Waals surface area (Å²) < 4.78 is 6.07. The second kappa shape index (κ2) is 15.0. The Labute approximate surface area is 288 Å². The fraction of sp³-hybridized carbons (Fsp3) is 0.325. The number of fused-ring (bicyclic) bond motifs is 3. The molecule has 6 aromatic rings. The Morgan fingerprint density at radius 2 is 1.67 bits per heavy atom. The minimum Gasteiger partial charge on any atom is -0.486 e. The largest absolute Gasteiger partial charge is 0.486 e. The molecule has 7 rings (SSSR count). The van der Waals surface area contributed by atoms with Crippen molar-refractivity contribution >= 4 is 35.3 Å². The van der Waals surface area contributed by atoms with Crippen LogP contribution in [0.2, 0.25) is 19.6 Å². The molecule has 6 heteroatoms. The molecule has 0 bridgehead atoms. The summed E-state index contributed by atoms with van der Waals surface area (Å²) in [6.45, 7) is 11.7. The second-order valence-electron chi connectivity index (χ2n) is 13.3. The molecule has 1 radical (unpaired) electrons. The van der Waals surface area contributed by atoms with Gasteiger partial charge in [0.05, 0.1) is 13.7 Å². The Hall–Kier alpha value is -3.44. The van der Waals surface area contributed by atoms with E-state index in [0.717, 1.165) is 51.2 Å². The summed E-state index contributed by atoms with van der Waals surface area (Å²) in [5, 5.41) is 3.58. The Morgan fingerprint density at radius 1 is 0.848 bits per heavy atom. The van der Waals surface area contributed by atoms with Crippen LogP contribution in [0.1, 0.15) is 63.0 Å². The third-order valence-electron chi connectivity index (χ3n) is 9.30. The fourth-order valence-electron chi connectivity index (χ4n) is 6.70. The molecule has 1 aliphatic rings. The van der Waals surface area contributed by atoms with Crippen molar-refractivity contribution in [2.45, 2.75) is 77.9 Å². The van der Waals surface area contributed by atoms with Crippen molar-refractivity contribution in [3.8, 4) is 22.5 Å². The molecule has 1 fully saturated rings. The maximum absolute atomic E-state index is 6.07. The van der Waals surface area contributed by atoms with E-state index in [0.29, 0.717) is 11.6 Å². The summed E-state index contributed by atoms with van der Waals surface area (Å²) in [6, 6.07) is 29.2. The van der Waals surface area contributed by atoms with Crippen LogP contribution in [-0.2, 0) is 26.5 Å². The van der Waals surface area contributed by atoms with Crippen LogP contribution < -0.4 is 5.19 Å². The van der Waals surface area contributed by atoms with Crippen LogP contribution in [0.25, 0.3) is 44.6 Å². The minimum atomic E-state index is -1.30. The van der Waals surface area contributed by atoms with Gasteiger partial charge in [0.2, 0.25) is 5.71 Å². The Bertz CT molecular complexity index is 1890. The first kappa shape index (κ1) is 33.9. The number of furan rings is 1. The fourth-order valence-corrected chi connectivity index (χ4v) is 8.37. The molecule has 0 spiro atoms. The molecule has 2 aromatic carbocycles. The number of hydrogen-bond acceptors (Lipinski definition) is 4. The number of aryl methyl sites for hydroxylation is 1. The van der Waals surface area contributed by atoms with E-state index in [-0.39, 0.29) is 20.1 Å². The van der Waals surface area contributed by atoms with E-state index in [1.807, 2.05) is 48.7 Å². The number of pyridine rings is 3. The van der Waals surface area contributed by atoms with Crippen molar-refractivity contribution in [2.75, 3.05) is 0 Å². The smallest absolute Gasteiger partial charge is 0.216 e. The van der Waals surface area contributed by atoms with E-state index in [4.69, 9.17) is 4.42 Å². The second-order valence-corrected chi connectivity index (χ2v) is 18.4. The zero-order chi connectivity index (χ0) is 31.4. The molecule has 4 nitrogen and oxygen atoms in total. The predicted octanol–water partition coefficient (Wildman–Crippen LogP) is 10.2. The van der Waals surface area contributed by atoms with E-state index in [1.165, 1.54) is 48.4 Å².